The van der Waals surface area contributed by atoms with Crippen molar-refractivity contribution >= 4 is 17.3 Å². The van der Waals surface area contributed by atoms with Crippen molar-refractivity contribution < 1.29 is 24.5 Å². The Morgan fingerprint density at radius 3 is 1.93 bits per heavy atom. The lowest BCUT2D eigenvalue weighted by Gasteiger charge is -2.37. The molecule has 2 aliphatic rings. The number of fused-ring (bicyclic) bond motifs is 6. The van der Waals surface area contributed by atoms with Crippen molar-refractivity contribution in [2.45, 2.75) is 5.60 Å². The average molecular weight is 362 g/mol. The van der Waals surface area contributed by atoms with Crippen LogP contribution in [0.15, 0.2) is 48.5 Å². The molecule has 7 nitrogen and oxygen atoms in total. The lowest BCUT2D eigenvalue weighted by molar-refractivity contribution is 0.0225. The second-order valence-corrected chi connectivity index (χ2v) is 6.47. The number of anilines is 2. The maximum Gasteiger partial charge on any atom is 0.340 e. The van der Waals surface area contributed by atoms with Gasteiger partial charge in [0.1, 0.15) is 22.9 Å². The Balaban J connectivity index is 1.96. The van der Waals surface area contributed by atoms with Gasteiger partial charge >= 0.3 is 5.97 Å². The normalized spacial score (nSPS) is 15.5. The minimum atomic E-state index is -1.35. The summed E-state index contributed by atoms with van der Waals surface area (Å²) in [5, 5.41) is 20.1. The first-order chi connectivity index (χ1) is 12.9. The molecule has 0 bridgehead atoms. The molecule has 6 N–H and O–H groups in total. The van der Waals surface area contributed by atoms with Crippen LogP contribution in [0.4, 0.5) is 11.4 Å². The fraction of sp³-hybridized carbons (Fsp3) is 0.0500. The number of phenols is 2. The molecule has 0 saturated carbocycles. The number of aromatic hydroxyl groups is 2. The highest BCUT2D eigenvalue weighted by molar-refractivity contribution is 5.97. The van der Waals surface area contributed by atoms with E-state index in [1.807, 2.05) is 0 Å². The molecular weight excluding hydrogens is 348 g/mol. The number of ether oxygens (including phenoxy) is 2. The Kier molecular flexibility index (Phi) is 2.77. The van der Waals surface area contributed by atoms with Crippen molar-refractivity contribution in [3.05, 3.63) is 70.8 Å². The SMILES string of the molecule is Nc1c(O)ccc2c1Oc1c(ccc(O)c1N)C21OC(=O)c2ccccc21. The van der Waals surface area contributed by atoms with Crippen LogP contribution in [-0.2, 0) is 10.3 Å². The number of hydrogen-bond acceptors (Lipinski definition) is 7. The zero-order chi connectivity index (χ0) is 18.9. The number of carbonyl (C=O) groups excluding carboxylic acids is 1. The van der Waals surface area contributed by atoms with Gasteiger partial charge in [-0.15, -0.1) is 0 Å². The molecule has 3 aromatic rings. The molecule has 7 heteroatoms. The van der Waals surface area contributed by atoms with E-state index in [2.05, 4.69) is 0 Å². The summed E-state index contributed by atoms with van der Waals surface area (Å²) in [6.45, 7) is 0. The third-order valence-corrected chi connectivity index (χ3v) is 5.08. The molecule has 27 heavy (non-hydrogen) atoms. The van der Waals surface area contributed by atoms with Crippen molar-refractivity contribution in [3.63, 3.8) is 0 Å². The summed E-state index contributed by atoms with van der Waals surface area (Å²) in [6, 6.07) is 13.0. The maximum atomic E-state index is 12.6. The van der Waals surface area contributed by atoms with Crippen LogP contribution >= 0.6 is 0 Å². The lowest BCUT2D eigenvalue weighted by Crippen LogP contribution is -2.33. The Labute approximate surface area is 153 Å². The zero-order valence-electron chi connectivity index (χ0n) is 13.9. The van der Waals surface area contributed by atoms with Crippen LogP contribution in [0.3, 0.4) is 0 Å². The smallest absolute Gasteiger partial charge is 0.340 e. The van der Waals surface area contributed by atoms with E-state index in [1.165, 1.54) is 12.1 Å². The van der Waals surface area contributed by atoms with Crippen molar-refractivity contribution in [1.82, 2.24) is 0 Å². The number of carbonyl (C=O) groups is 1. The van der Waals surface area contributed by atoms with Crippen LogP contribution in [0.1, 0.15) is 27.0 Å². The Hall–Kier alpha value is -3.87. The van der Waals surface area contributed by atoms with Crippen molar-refractivity contribution in [1.29, 1.82) is 0 Å². The number of rotatable bonds is 0. The van der Waals surface area contributed by atoms with Crippen molar-refractivity contribution in [2.75, 3.05) is 11.5 Å². The number of nitrogens with two attached hydrogens (primary N) is 2. The van der Waals surface area contributed by atoms with Gasteiger partial charge in [-0.3, -0.25) is 0 Å². The van der Waals surface area contributed by atoms with Gasteiger partial charge in [0.25, 0.3) is 0 Å². The second kappa shape index (κ2) is 4.85. The first-order valence-electron chi connectivity index (χ1n) is 8.19. The Bertz CT molecular complexity index is 1100. The molecule has 0 atom stereocenters. The monoisotopic (exact) mass is 362 g/mol. The fourth-order valence-corrected chi connectivity index (χ4v) is 3.82. The van der Waals surface area contributed by atoms with Gasteiger partial charge in [0, 0.05) is 5.56 Å². The molecule has 0 aromatic heterocycles. The van der Waals surface area contributed by atoms with E-state index in [1.54, 1.807) is 36.4 Å². The number of benzene rings is 3. The highest BCUT2D eigenvalue weighted by Gasteiger charge is 2.54. The van der Waals surface area contributed by atoms with E-state index in [4.69, 9.17) is 20.9 Å². The van der Waals surface area contributed by atoms with Gasteiger partial charge in [0.2, 0.25) is 0 Å². The van der Waals surface area contributed by atoms with Gasteiger partial charge in [-0.05, 0) is 30.3 Å². The summed E-state index contributed by atoms with van der Waals surface area (Å²) in [6.07, 6.45) is 0. The molecule has 2 aliphatic heterocycles. The maximum absolute atomic E-state index is 12.6. The average Bonchev–Trinajstić information content (AvgIpc) is 2.96. The summed E-state index contributed by atoms with van der Waals surface area (Å²) in [4.78, 5) is 12.6. The van der Waals surface area contributed by atoms with Crippen molar-refractivity contribution in [2.24, 2.45) is 0 Å². The molecule has 0 unspecified atom stereocenters. The Morgan fingerprint density at radius 1 is 0.778 bits per heavy atom. The van der Waals surface area contributed by atoms with E-state index >= 15 is 0 Å². The molecule has 0 radical (unpaired) electrons. The first-order valence-corrected chi connectivity index (χ1v) is 8.19. The quantitative estimate of drug-likeness (QED) is 0.275. The van der Waals surface area contributed by atoms with E-state index in [9.17, 15) is 15.0 Å². The molecule has 0 saturated heterocycles. The molecule has 2 heterocycles. The van der Waals surface area contributed by atoms with Gasteiger partial charge in [-0.25, -0.2) is 4.79 Å². The van der Waals surface area contributed by atoms with E-state index in [0.29, 0.717) is 22.3 Å². The molecular formula is C20H14N2O5. The lowest BCUT2D eigenvalue weighted by atomic mass is 9.77. The van der Waals surface area contributed by atoms with Gasteiger partial charge in [-0.1, -0.05) is 18.2 Å². The van der Waals surface area contributed by atoms with E-state index in [0.717, 1.165) is 0 Å². The number of phenolic OH excluding ortho intramolecular Hbond substituents is 2. The molecule has 1 spiro atoms. The highest BCUT2D eigenvalue weighted by atomic mass is 16.6. The highest BCUT2D eigenvalue weighted by Crippen LogP contribution is 2.60. The fourth-order valence-electron chi connectivity index (χ4n) is 3.82. The summed E-state index contributed by atoms with van der Waals surface area (Å²) in [5.41, 5.74) is 12.6. The predicted molar refractivity (Wildman–Crippen MR) is 96.9 cm³/mol. The number of hydrogen-bond donors (Lipinski definition) is 4. The summed E-state index contributed by atoms with van der Waals surface area (Å²) >= 11 is 0. The predicted octanol–water partition coefficient (Wildman–Crippen LogP) is 2.83. The summed E-state index contributed by atoms with van der Waals surface area (Å²) in [5.74, 6) is -0.594. The van der Waals surface area contributed by atoms with E-state index < -0.39 is 11.6 Å². The van der Waals surface area contributed by atoms with Gasteiger partial charge in [0.05, 0.1) is 16.7 Å². The van der Waals surface area contributed by atoms with Crippen LogP contribution < -0.4 is 16.2 Å². The zero-order valence-corrected chi connectivity index (χ0v) is 13.9. The third kappa shape index (κ3) is 1.72. The van der Waals surface area contributed by atoms with Crippen LogP contribution in [0.5, 0.6) is 23.0 Å². The van der Waals surface area contributed by atoms with Crippen LogP contribution in [0.2, 0.25) is 0 Å². The van der Waals surface area contributed by atoms with Crippen LogP contribution in [-0.4, -0.2) is 16.2 Å². The number of esters is 1. The van der Waals surface area contributed by atoms with E-state index in [-0.39, 0.29) is 34.4 Å². The number of nitrogen functional groups attached to an aromatic ring is 2. The molecule has 3 aromatic carbocycles. The Morgan fingerprint density at radius 2 is 1.33 bits per heavy atom. The minimum absolute atomic E-state index is 0.0132. The molecule has 5 rings (SSSR count). The molecule has 0 amide bonds. The first kappa shape index (κ1) is 15.4. The molecule has 0 fully saturated rings. The van der Waals surface area contributed by atoms with Crippen LogP contribution in [0.25, 0.3) is 0 Å². The van der Waals surface area contributed by atoms with Crippen molar-refractivity contribution in [3.8, 4) is 23.0 Å². The largest absolute Gasteiger partial charge is 0.506 e. The standard InChI is InChI=1S/C20H14N2O5/c21-15-13(23)7-5-11-17(15)26-18-12(6-8-14(24)16(18)22)20(11)10-4-2-1-3-9(10)19(25)27-20/h1-8,23-24H,21-22H2. The molecule has 0 aliphatic carbocycles. The third-order valence-electron chi connectivity index (χ3n) is 5.08. The van der Waals surface area contributed by atoms with Gasteiger partial charge in [-0.2, -0.15) is 0 Å². The minimum Gasteiger partial charge on any atom is -0.506 e. The van der Waals surface area contributed by atoms with Gasteiger partial charge < -0.3 is 31.2 Å². The van der Waals surface area contributed by atoms with Crippen LogP contribution in [0, 0.1) is 0 Å². The molecule has 134 valence electrons. The summed E-state index contributed by atoms with van der Waals surface area (Å²) in [7, 11) is 0. The second-order valence-electron chi connectivity index (χ2n) is 6.47. The van der Waals surface area contributed by atoms with Gasteiger partial charge in [0.15, 0.2) is 17.1 Å². The summed E-state index contributed by atoms with van der Waals surface area (Å²) < 4.78 is 11.8. The topological polar surface area (TPSA) is 128 Å².